The summed E-state index contributed by atoms with van der Waals surface area (Å²) in [5.74, 6) is 0.709. The number of aryl methyl sites for hydroxylation is 1. The SMILES string of the molecule is CCNc1cc(C(=O)N(C)Cc2cscn2)cc(C)n1. The molecule has 0 saturated carbocycles. The largest absolute Gasteiger partial charge is 0.370 e. The number of carbonyl (C=O) groups is 1. The van der Waals surface area contributed by atoms with Gasteiger partial charge in [-0.1, -0.05) is 0 Å². The summed E-state index contributed by atoms with van der Waals surface area (Å²) in [4.78, 5) is 22.6. The quantitative estimate of drug-likeness (QED) is 0.919. The molecular formula is C14H18N4OS. The highest BCUT2D eigenvalue weighted by Gasteiger charge is 2.14. The summed E-state index contributed by atoms with van der Waals surface area (Å²) in [5, 5.41) is 5.09. The highest BCUT2D eigenvalue weighted by molar-refractivity contribution is 7.07. The van der Waals surface area contributed by atoms with Gasteiger partial charge in [0.15, 0.2) is 0 Å². The van der Waals surface area contributed by atoms with E-state index in [0.717, 1.165) is 23.8 Å². The van der Waals surface area contributed by atoms with E-state index >= 15 is 0 Å². The zero-order valence-electron chi connectivity index (χ0n) is 11.9. The molecule has 0 aliphatic carbocycles. The molecule has 0 aliphatic rings. The number of nitrogens with zero attached hydrogens (tertiary/aromatic N) is 3. The van der Waals surface area contributed by atoms with Crippen LogP contribution in [0.25, 0.3) is 0 Å². The van der Waals surface area contributed by atoms with Gasteiger partial charge in [-0.2, -0.15) is 0 Å². The molecule has 0 spiro atoms. The van der Waals surface area contributed by atoms with Gasteiger partial charge in [0, 0.05) is 30.2 Å². The van der Waals surface area contributed by atoms with Crippen molar-refractivity contribution in [1.82, 2.24) is 14.9 Å². The molecular weight excluding hydrogens is 272 g/mol. The first kappa shape index (κ1) is 14.5. The lowest BCUT2D eigenvalue weighted by Gasteiger charge is -2.17. The van der Waals surface area contributed by atoms with Crippen LogP contribution in [0.1, 0.15) is 28.7 Å². The minimum absolute atomic E-state index is 0.0253. The lowest BCUT2D eigenvalue weighted by atomic mass is 10.2. The Morgan fingerprint density at radius 1 is 1.45 bits per heavy atom. The van der Waals surface area contributed by atoms with E-state index in [0.29, 0.717) is 12.1 Å². The Labute approximate surface area is 122 Å². The maximum atomic E-state index is 12.4. The average molecular weight is 290 g/mol. The number of pyridine rings is 1. The van der Waals surface area contributed by atoms with Gasteiger partial charge in [0.05, 0.1) is 17.7 Å². The van der Waals surface area contributed by atoms with E-state index in [9.17, 15) is 4.79 Å². The van der Waals surface area contributed by atoms with Crippen LogP contribution in [0.5, 0.6) is 0 Å². The van der Waals surface area contributed by atoms with Gasteiger partial charge in [0.2, 0.25) is 0 Å². The minimum atomic E-state index is -0.0253. The van der Waals surface area contributed by atoms with Gasteiger partial charge in [-0.25, -0.2) is 9.97 Å². The van der Waals surface area contributed by atoms with Crippen molar-refractivity contribution in [3.8, 4) is 0 Å². The number of hydrogen-bond acceptors (Lipinski definition) is 5. The molecule has 1 amide bonds. The molecule has 6 heteroatoms. The van der Waals surface area contributed by atoms with Crippen LogP contribution in [0.3, 0.4) is 0 Å². The molecule has 5 nitrogen and oxygen atoms in total. The Kier molecular flexibility index (Phi) is 4.68. The molecule has 1 N–H and O–H groups in total. The van der Waals surface area contributed by atoms with Crippen LogP contribution >= 0.6 is 11.3 Å². The molecule has 2 heterocycles. The second-order valence-corrected chi connectivity index (χ2v) is 5.27. The van der Waals surface area contributed by atoms with E-state index in [1.165, 1.54) is 11.3 Å². The van der Waals surface area contributed by atoms with E-state index in [1.54, 1.807) is 29.6 Å². The first-order valence-electron chi connectivity index (χ1n) is 6.45. The zero-order valence-corrected chi connectivity index (χ0v) is 12.7. The van der Waals surface area contributed by atoms with Gasteiger partial charge in [-0.05, 0) is 26.0 Å². The van der Waals surface area contributed by atoms with Crippen molar-refractivity contribution in [2.75, 3.05) is 18.9 Å². The Balaban J connectivity index is 2.15. The monoisotopic (exact) mass is 290 g/mol. The Morgan fingerprint density at radius 3 is 2.90 bits per heavy atom. The smallest absolute Gasteiger partial charge is 0.254 e. The first-order valence-corrected chi connectivity index (χ1v) is 7.39. The van der Waals surface area contributed by atoms with Crippen LogP contribution in [0.15, 0.2) is 23.0 Å². The lowest BCUT2D eigenvalue weighted by Crippen LogP contribution is -2.26. The Bertz CT molecular complexity index is 583. The fourth-order valence-corrected chi connectivity index (χ4v) is 2.46. The summed E-state index contributed by atoms with van der Waals surface area (Å²) in [6, 6.07) is 3.59. The van der Waals surface area contributed by atoms with Crippen LogP contribution in [-0.2, 0) is 6.54 Å². The Hall–Kier alpha value is -1.95. The molecule has 20 heavy (non-hydrogen) atoms. The highest BCUT2D eigenvalue weighted by atomic mass is 32.1. The van der Waals surface area contributed by atoms with Gasteiger partial charge in [-0.15, -0.1) is 11.3 Å². The van der Waals surface area contributed by atoms with Crippen LogP contribution in [-0.4, -0.2) is 34.4 Å². The van der Waals surface area contributed by atoms with Crippen molar-refractivity contribution in [1.29, 1.82) is 0 Å². The summed E-state index contributed by atoms with van der Waals surface area (Å²) in [7, 11) is 1.78. The summed E-state index contributed by atoms with van der Waals surface area (Å²) in [6.45, 7) is 5.18. The number of aromatic nitrogens is 2. The fourth-order valence-electron chi connectivity index (χ4n) is 1.91. The molecule has 0 saturated heterocycles. The zero-order chi connectivity index (χ0) is 14.5. The maximum absolute atomic E-state index is 12.4. The van der Waals surface area contributed by atoms with E-state index in [1.807, 2.05) is 19.2 Å². The molecule has 2 rings (SSSR count). The molecule has 0 unspecified atom stereocenters. The standard InChI is InChI=1S/C14H18N4OS/c1-4-15-13-6-11(5-10(2)17-13)14(19)18(3)7-12-8-20-9-16-12/h5-6,8-9H,4,7H2,1-3H3,(H,15,17). The van der Waals surface area contributed by atoms with E-state index < -0.39 is 0 Å². The van der Waals surface area contributed by atoms with Gasteiger partial charge in [-0.3, -0.25) is 4.79 Å². The van der Waals surface area contributed by atoms with Crippen molar-refractivity contribution in [2.24, 2.45) is 0 Å². The van der Waals surface area contributed by atoms with E-state index in [4.69, 9.17) is 0 Å². The van der Waals surface area contributed by atoms with E-state index in [2.05, 4.69) is 15.3 Å². The maximum Gasteiger partial charge on any atom is 0.254 e. The van der Waals surface area contributed by atoms with Crippen LogP contribution in [0.4, 0.5) is 5.82 Å². The predicted molar refractivity (Wildman–Crippen MR) is 81.0 cm³/mol. The third-order valence-electron chi connectivity index (χ3n) is 2.79. The number of nitrogens with one attached hydrogen (secondary N) is 1. The second kappa shape index (κ2) is 6.47. The highest BCUT2D eigenvalue weighted by Crippen LogP contribution is 2.13. The average Bonchev–Trinajstić information content (AvgIpc) is 2.90. The van der Waals surface area contributed by atoms with Gasteiger partial charge in [0.25, 0.3) is 5.91 Å². The molecule has 0 aromatic carbocycles. The third-order valence-corrected chi connectivity index (χ3v) is 3.42. The third kappa shape index (κ3) is 3.54. The van der Waals surface area contributed by atoms with Crippen LogP contribution < -0.4 is 5.32 Å². The van der Waals surface area contributed by atoms with Crippen molar-refractivity contribution in [3.05, 3.63) is 40.0 Å². The van der Waals surface area contributed by atoms with Gasteiger partial charge >= 0.3 is 0 Å². The number of amides is 1. The van der Waals surface area contributed by atoms with Crippen molar-refractivity contribution in [3.63, 3.8) is 0 Å². The molecule has 0 fully saturated rings. The first-order chi connectivity index (χ1) is 9.60. The topological polar surface area (TPSA) is 58.1 Å². The molecule has 2 aromatic rings. The Morgan fingerprint density at radius 2 is 2.25 bits per heavy atom. The van der Waals surface area contributed by atoms with Gasteiger partial charge in [0.1, 0.15) is 5.82 Å². The molecule has 0 atom stereocenters. The molecule has 0 radical (unpaired) electrons. The number of anilines is 1. The van der Waals surface area contributed by atoms with Gasteiger partial charge < -0.3 is 10.2 Å². The molecule has 0 aliphatic heterocycles. The van der Waals surface area contributed by atoms with Crippen LogP contribution in [0, 0.1) is 6.92 Å². The lowest BCUT2D eigenvalue weighted by molar-refractivity contribution is 0.0783. The summed E-state index contributed by atoms with van der Waals surface area (Å²) in [5.41, 5.74) is 4.15. The van der Waals surface area contributed by atoms with Crippen LogP contribution in [0.2, 0.25) is 0 Å². The summed E-state index contributed by atoms with van der Waals surface area (Å²) < 4.78 is 0. The van der Waals surface area contributed by atoms with E-state index in [-0.39, 0.29) is 5.91 Å². The predicted octanol–water partition coefficient (Wildman–Crippen LogP) is 2.55. The van der Waals surface area contributed by atoms with Crippen molar-refractivity contribution < 1.29 is 4.79 Å². The second-order valence-electron chi connectivity index (χ2n) is 4.55. The minimum Gasteiger partial charge on any atom is -0.370 e. The number of rotatable bonds is 5. The van der Waals surface area contributed by atoms with Crippen molar-refractivity contribution >= 4 is 23.1 Å². The number of carbonyl (C=O) groups excluding carboxylic acids is 1. The summed E-state index contributed by atoms with van der Waals surface area (Å²) in [6.07, 6.45) is 0. The molecule has 2 aromatic heterocycles. The number of thiazole rings is 1. The molecule has 106 valence electrons. The fraction of sp³-hybridized carbons (Fsp3) is 0.357. The summed E-state index contributed by atoms with van der Waals surface area (Å²) >= 11 is 1.53. The number of hydrogen-bond donors (Lipinski definition) is 1. The van der Waals surface area contributed by atoms with Crippen molar-refractivity contribution in [2.45, 2.75) is 20.4 Å². The normalized spacial score (nSPS) is 10.3. The molecule has 0 bridgehead atoms.